The van der Waals surface area contributed by atoms with Crippen LogP contribution in [0.15, 0.2) is 53.9 Å². The van der Waals surface area contributed by atoms with Gasteiger partial charge < -0.3 is 9.80 Å². The fourth-order valence-electron chi connectivity index (χ4n) is 2.71. The molecule has 1 amide bonds. The van der Waals surface area contributed by atoms with Crippen LogP contribution in [0.5, 0.6) is 0 Å². The van der Waals surface area contributed by atoms with E-state index in [0.717, 1.165) is 37.6 Å². The van der Waals surface area contributed by atoms with E-state index in [-0.39, 0.29) is 5.91 Å². The Hall–Kier alpha value is -1.91. The van der Waals surface area contributed by atoms with Crippen molar-refractivity contribution in [1.29, 1.82) is 0 Å². The van der Waals surface area contributed by atoms with Gasteiger partial charge in [0.25, 0.3) is 5.91 Å². The molecule has 0 unspecified atom stereocenters. The van der Waals surface area contributed by atoms with Crippen molar-refractivity contribution in [3.05, 3.63) is 64.4 Å². The van der Waals surface area contributed by atoms with Gasteiger partial charge in [-0.15, -0.1) is 11.3 Å². The number of thiophene rings is 1. The first-order chi connectivity index (χ1) is 10.8. The smallest absolute Gasteiger partial charge is 0.264 e. The summed E-state index contributed by atoms with van der Waals surface area (Å²) in [7, 11) is 0. The number of hydrogen-bond acceptors (Lipinski definition) is 2. The zero-order chi connectivity index (χ0) is 15.2. The number of amides is 1. The minimum absolute atomic E-state index is 0.189. The van der Waals surface area contributed by atoms with Gasteiger partial charge >= 0.3 is 0 Å². The van der Waals surface area contributed by atoms with E-state index in [1.807, 2.05) is 28.5 Å². The van der Waals surface area contributed by atoms with E-state index in [1.165, 1.54) is 16.9 Å². The lowest BCUT2D eigenvalue weighted by Crippen LogP contribution is -3.14. The topological polar surface area (TPSA) is 24.8 Å². The van der Waals surface area contributed by atoms with Crippen LogP contribution in [-0.2, 0) is 0 Å². The van der Waals surface area contributed by atoms with Crippen LogP contribution in [0.1, 0.15) is 15.2 Å². The van der Waals surface area contributed by atoms with Crippen LogP contribution in [0.4, 0.5) is 0 Å². The van der Waals surface area contributed by atoms with E-state index in [0.29, 0.717) is 0 Å². The van der Waals surface area contributed by atoms with Crippen LogP contribution in [0, 0.1) is 0 Å². The zero-order valence-corrected chi connectivity index (χ0v) is 13.4. The van der Waals surface area contributed by atoms with E-state index in [1.54, 1.807) is 4.90 Å². The van der Waals surface area contributed by atoms with Crippen LogP contribution in [-0.4, -0.2) is 43.5 Å². The monoisotopic (exact) mass is 313 g/mol. The van der Waals surface area contributed by atoms with Gasteiger partial charge in [-0.2, -0.15) is 0 Å². The molecule has 0 atom stereocenters. The third kappa shape index (κ3) is 3.84. The molecule has 1 aliphatic heterocycles. The average Bonchev–Trinajstić information content (AvgIpc) is 3.10. The molecule has 22 heavy (non-hydrogen) atoms. The molecule has 0 aliphatic carbocycles. The molecule has 1 aromatic carbocycles. The van der Waals surface area contributed by atoms with E-state index < -0.39 is 0 Å². The van der Waals surface area contributed by atoms with Crippen LogP contribution < -0.4 is 4.90 Å². The molecule has 2 heterocycles. The molecule has 0 spiro atoms. The summed E-state index contributed by atoms with van der Waals surface area (Å²) in [5.74, 6) is 0.189. The number of nitrogens with one attached hydrogen (secondary N) is 1. The predicted molar refractivity (Wildman–Crippen MR) is 91.3 cm³/mol. The molecule has 0 saturated carbocycles. The first kappa shape index (κ1) is 15.0. The van der Waals surface area contributed by atoms with Crippen molar-refractivity contribution in [2.24, 2.45) is 0 Å². The molecule has 0 radical (unpaired) electrons. The van der Waals surface area contributed by atoms with E-state index in [2.05, 4.69) is 36.4 Å². The number of piperazine rings is 1. The quantitative estimate of drug-likeness (QED) is 0.915. The van der Waals surface area contributed by atoms with Crippen molar-refractivity contribution < 1.29 is 9.69 Å². The summed E-state index contributed by atoms with van der Waals surface area (Å²) in [6.45, 7) is 4.78. The molecular formula is C18H21N2OS+. The van der Waals surface area contributed by atoms with E-state index in [4.69, 9.17) is 0 Å². The Morgan fingerprint density at radius 2 is 1.91 bits per heavy atom. The van der Waals surface area contributed by atoms with Gasteiger partial charge in [0.05, 0.1) is 37.6 Å². The van der Waals surface area contributed by atoms with Gasteiger partial charge in [0.15, 0.2) is 0 Å². The maximum atomic E-state index is 12.3. The van der Waals surface area contributed by atoms with Crippen molar-refractivity contribution in [3.63, 3.8) is 0 Å². The second kappa shape index (κ2) is 7.38. The highest BCUT2D eigenvalue weighted by Gasteiger charge is 2.24. The molecule has 3 rings (SSSR count). The maximum Gasteiger partial charge on any atom is 0.264 e. The number of hydrogen-bond donors (Lipinski definition) is 1. The fourth-order valence-corrected chi connectivity index (χ4v) is 3.40. The number of quaternary nitrogens is 1. The molecule has 1 saturated heterocycles. The number of carbonyl (C=O) groups excluding carboxylic acids is 1. The highest BCUT2D eigenvalue weighted by Crippen LogP contribution is 2.11. The third-order valence-corrected chi connectivity index (χ3v) is 4.86. The van der Waals surface area contributed by atoms with Crippen molar-refractivity contribution in [3.8, 4) is 0 Å². The molecule has 3 nitrogen and oxygen atoms in total. The molecule has 1 aromatic heterocycles. The third-order valence-electron chi connectivity index (χ3n) is 4.01. The predicted octanol–water partition coefficient (Wildman–Crippen LogP) is 1.80. The Morgan fingerprint density at radius 1 is 1.14 bits per heavy atom. The summed E-state index contributed by atoms with van der Waals surface area (Å²) in [5.41, 5.74) is 1.24. The first-order valence-electron chi connectivity index (χ1n) is 7.71. The summed E-state index contributed by atoms with van der Waals surface area (Å²) in [4.78, 5) is 16.7. The van der Waals surface area contributed by atoms with Crippen molar-refractivity contribution in [2.75, 3.05) is 32.7 Å². The van der Waals surface area contributed by atoms with Crippen LogP contribution >= 0.6 is 11.3 Å². The van der Waals surface area contributed by atoms with Gasteiger partial charge in [-0.05, 0) is 23.1 Å². The Kier molecular flexibility index (Phi) is 5.03. The van der Waals surface area contributed by atoms with Crippen LogP contribution in [0.3, 0.4) is 0 Å². The van der Waals surface area contributed by atoms with Crippen molar-refractivity contribution >= 4 is 23.3 Å². The lowest BCUT2D eigenvalue weighted by molar-refractivity contribution is -0.898. The number of rotatable bonds is 4. The second-order valence-electron chi connectivity index (χ2n) is 5.54. The Morgan fingerprint density at radius 3 is 2.59 bits per heavy atom. The Labute approximate surface area is 135 Å². The largest absolute Gasteiger partial charge is 0.329 e. The SMILES string of the molecule is O=C(c1cccs1)N1CC[NH+](C/C=C/c2ccccc2)CC1. The second-order valence-corrected chi connectivity index (χ2v) is 6.48. The van der Waals surface area contributed by atoms with Gasteiger partial charge in [-0.25, -0.2) is 0 Å². The molecule has 1 aliphatic rings. The van der Waals surface area contributed by atoms with Gasteiger partial charge in [0, 0.05) is 0 Å². The number of nitrogens with zero attached hydrogens (tertiary/aromatic N) is 1. The normalized spacial score (nSPS) is 16.3. The summed E-state index contributed by atoms with van der Waals surface area (Å²) in [6.07, 6.45) is 4.41. The van der Waals surface area contributed by atoms with Gasteiger partial charge in [0.1, 0.15) is 0 Å². The van der Waals surface area contributed by atoms with Gasteiger partial charge in [-0.1, -0.05) is 42.5 Å². The standard InChI is InChI=1S/C18H20N2OS/c21-18(17-9-5-15-22-17)20-13-11-19(12-14-20)10-4-8-16-6-2-1-3-7-16/h1-9,15H,10-14H2/p+1/b8-4+. The number of carbonyl (C=O) groups is 1. The van der Waals surface area contributed by atoms with E-state index in [9.17, 15) is 4.79 Å². The van der Waals surface area contributed by atoms with Gasteiger partial charge in [0.2, 0.25) is 0 Å². The molecular weight excluding hydrogens is 292 g/mol. The molecule has 114 valence electrons. The average molecular weight is 313 g/mol. The lowest BCUT2D eigenvalue weighted by atomic mass is 10.2. The molecule has 2 aromatic rings. The van der Waals surface area contributed by atoms with Gasteiger partial charge in [-0.3, -0.25) is 4.79 Å². The lowest BCUT2D eigenvalue weighted by Gasteiger charge is -2.31. The van der Waals surface area contributed by atoms with Crippen molar-refractivity contribution in [2.45, 2.75) is 0 Å². The fraction of sp³-hybridized carbons (Fsp3) is 0.278. The van der Waals surface area contributed by atoms with E-state index >= 15 is 0 Å². The molecule has 4 heteroatoms. The minimum atomic E-state index is 0.189. The van der Waals surface area contributed by atoms with Crippen LogP contribution in [0.25, 0.3) is 6.08 Å². The van der Waals surface area contributed by atoms with Crippen molar-refractivity contribution in [1.82, 2.24) is 4.90 Å². The summed E-state index contributed by atoms with van der Waals surface area (Å²) >= 11 is 1.53. The number of benzene rings is 1. The summed E-state index contributed by atoms with van der Waals surface area (Å²) in [5, 5.41) is 1.96. The molecule has 1 N–H and O–H groups in total. The summed E-state index contributed by atoms with van der Waals surface area (Å²) < 4.78 is 0. The highest BCUT2D eigenvalue weighted by atomic mass is 32.1. The zero-order valence-electron chi connectivity index (χ0n) is 12.6. The maximum absolute atomic E-state index is 12.3. The molecule has 0 bridgehead atoms. The molecule has 1 fully saturated rings. The highest BCUT2D eigenvalue weighted by molar-refractivity contribution is 7.12. The summed E-state index contributed by atoms with van der Waals surface area (Å²) in [6, 6.07) is 14.2. The Bertz CT molecular complexity index is 614. The Balaban J connectivity index is 1.46. The minimum Gasteiger partial charge on any atom is -0.329 e. The van der Waals surface area contributed by atoms with Crippen LogP contribution in [0.2, 0.25) is 0 Å². The first-order valence-corrected chi connectivity index (χ1v) is 8.59.